The van der Waals surface area contributed by atoms with E-state index < -0.39 is 11.7 Å². The highest BCUT2D eigenvalue weighted by molar-refractivity contribution is 5.91. The zero-order valence-electron chi connectivity index (χ0n) is 10.7. The van der Waals surface area contributed by atoms with E-state index in [1.807, 2.05) is 0 Å². The fourth-order valence-electron chi connectivity index (χ4n) is 2.12. The number of aromatic carboxylic acids is 1. The topological polar surface area (TPSA) is 72.4 Å². The van der Waals surface area contributed by atoms with Crippen molar-refractivity contribution in [1.82, 2.24) is 4.57 Å². The van der Waals surface area contributed by atoms with Crippen LogP contribution in [-0.4, -0.2) is 15.6 Å². The number of benzene rings is 2. The lowest BCUT2D eigenvalue weighted by molar-refractivity contribution is 0.0697. The van der Waals surface area contributed by atoms with Gasteiger partial charge in [0.15, 0.2) is 5.58 Å². The van der Waals surface area contributed by atoms with Gasteiger partial charge in [0.2, 0.25) is 0 Å². The number of carboxylic acid groups (broad SMARTS) is 1. The van der Waals surface area contributed by atoms with E-state index in [4.69, 9.17) is 9.52 Å². The van der Waals surface area contributed by atoms with Crippen molar-refractivity contribution in [2.24, 2.45) is 0 Å². The quantitative estimate of drug-likeness (QED) is 0.803. The molecule has 3 rings (SSSR count). The van der Waals surface area contributed by atoms with Gasteiger partial charge in [-0.15, -0.1) is 0 Å². The summed E-state index contributed by atoms with van der Waals surface area (Å²) in [6, 6.07) is 9.91. The normalized spacial score (nSPS) is 10.9. The minimum Gasteiger partial charge on any atom is -0.478 e. The number of hydrogen-bond acceptors (Lipinski definition) is 3. The number of aromatic nitrogens is 1. The summed E-state index contributed by atoms with van der Waals surface area (Å²) in [5, 5.41) is 9.00. The minimum atomic E-state index is -1.08. The second-order valence-electron chi connectivity index (χ2n) is 4.57. The van der Waals surface area contributed by atoms with Gasteiger partial charge in [-0.2, -0.15) is 0 Å². The number of fused-ring (bicyclic) bond motifs is 1. The second kappa shape index (κ2) is 4.90. The van der Waals surface area contributed by atoms with E-state index in [1.54, 1.807) is 12.1 Å². The molecular weight excluding hydrogens is 277 g/mol. The van der Waals surface area contributed by atoms with Crippen molar-refractivity contribution in [3.8, 4) is 0 Å². The standard InChI is InChI=1S/C15H10FNO4/c16-11-4-1-9(2-5-11)8-17-12-7-10(14(18)19)3-6-13(12)21-15(17)20/h1-7H,8H2,(H,18,19). The summed E-state index contributed by atoms with van der Waals surface area (Å²) < 4.78 is 19.3. The van der Waals surface area contributed by atoms with Gasteiger partial charge in [0.25, 0.3) is 0 Å². The first kappa shape index (κ1) is 13.1. The second-order valence-corrected chi connectivity index (χ2v) is 4.57. The van der Waals surface area contributed by atoms with Crippen LogP contribution >= 0.6 is 0 Å². The third-order valence-electron chi connectivity index (χ3n) is 3.17. The van der Waals surface area contributed by atoms with Crippen molar-refractivity contribution in [3.63, 3.8) is 0 Å². The predicted octanol–water partition coefficient (Wildman–Crippen LogP) is 2.48. The molecule has 0 aliphatic rings. The Balaban J connectivity index is 2.10. The number of carboxylic acids is 1. The molecule has 2 aromatic carbocycles. The SMILES string of the molecule is O=C(O)c1ccc2oc(=O)n(Cc3ccc(F)cc3)c2c1. The highest BCUT2D eigenvalue weighted by atomic mass is 19.1. The van der Waals surface area contributed by atoms with Gasteiger partial charge in [-0.1, -0.05) is 12.1 Å². The van der Waals surface area contributed by atoms with Crippen LogP contribution in [0.1, 0.15) is 15.9 Å². The molecular formula is C15H10FNO4. The summed E-state index contributed by atoms with van der Waals surface area (Å²) in [5.74, 6) is -2.04. The van der Waals surface area contributed by atoms with Gasteiger partial charge < -0.3 is 9.52 Å². The highest BCUT2D eigenvalue weighted by Gasteiger charge is 2.12. The molecule has 0 atom stereocenters. The monoisotopic (exact) mass is 287 g/mol. The van der Waals surface area contributed by atoms with Gasteiger partial charge in [-0.3, -0.25) is 4.57 Å². The molecule has 1 aromatic heterocycles. The molecule has 0 aliphatic carbocycles. The number of oxazole rings is 1. The Hall–Kier alpha value is -2.89. The van der Waals surface area contributed by atoms with Crippen molar-refractivity contribution in [1.29, 1.82) is 0 Å². The summed E-state index contributed by atoms with van der Waals surface area (Å²) in [6.07, 6.45) is 0. The van der Waals surface area contributed by atoms with Gasteiger partial charge in [0, 0.05) is 0 Å². The lowest BCUT2D eigenvalue weighted by Gasteiger charge is -2.03. The fraction of sp³-hybridized carbons (Fsp3) is 0.0667. The van der Waals surface area contributed by atoms with E-state index >= 15 is 0 Å². The fourth-order valence-corrected chi connectivity index (χ4v) is 2.12. The summed E-state index contributed by atoms with van der Waals surface area (Å²) in [5.41, 5.74) is 1.48. The summed E-state index contributed by atoms with van der Waals surface area (Å²) >= 11 is 0. The van der Waals surface area contributed by atoms with Crippen LogP contribution in [0.15, 0.2) is 51.7 Å². The predicted molar refractivity (Wildman–Crippen MR) is 72.9 cm³/mol. The molecule has 0 saturated carbocycles. The average Bonchev–Trinajstić information content (AvgIpc) is 2.77. The van der Waals surface area contributed by atoms with Gasteiger partial charge in [0.05, 0.1) is 17.6 Å². The maximum atomic E-state index is 12.9. The molecule has 106 valence electrons. The molecule has 5 nitrogen and oxygen atoms in total. The molecule has 0 spiro atoms. The first-order valence-electron chi connectivity index (χ1n) is 6.16. The Bertz CT molecular complexity index is 877. The molecule has 0 aliphatic heterocycles. The van der Waals surface area contributed by atoms with Crippen molar-refractivity contribution >= 4 is 17.1 Å². The average molecular weight is 287 g/mol. The smallest absolute Gasteiger partial charge is 0.420 e. The van der Waals surface area contributed by atoms with Crippen LogP contribution < -0.4 is 5.76 Å². The van der Waals surface area contributed by atoms with Crippen molar-refractivity contribution in [3.05, 3.63) is 70.0 Å². The van der Waals surface area contributed by atoms with Crippen LogP contribution in [0, 0.1) is 5.82 Å². The first-order chi connectivity index (χ1) is 10.0. The van der Waals surface area contributed by atoms with E-state index in [1.165, 1.54) is 34.9 Å². The molecule has 0 fully saturated rings. The van der Waals surface area contributed by atoms with Gasteiger partial charge in [-0.05, 0) is 35.9 Å². The minimum absolute atomic E-state index is 0.0659. The van der Waals surface area contributed by atoms with Crippen LogP contribution in [0.2, 0.25) is 0 Å². The number of halogens is 1. The summed E-state index contributed by atoms with van der Waals surface area (Å²) in [4.78, 5) is 22.9. The molecule has 0 amide bonds. The largest absolute Gasteiger partial charge is 0.478 e. The van der Waals surface area contributed by atoms with Crippen molar-refractivity contribution < 1.29 is 18.7 Å². The van der Waals surface area contributed by atoms with Crippen LogP contribution in [0.3, 0.4) is 0 Å². The Morgan fingerprint density at radius 3 is 2.57 bits per heavy atom. The maximum Gasteiger partial charge on any atom is 0.420 e. The van der Waals surface area contributed by atoms with Crippen LogP contribution in [0.25, 0.3) is 11.1 Å². The van der Waals surface area contributed by atoms with E-state index in [-0.39, 0.29) is 17.9 Å². The summed E-state index contributed by atoms with van der Waals surface area (Å²) in [7, 11) is 0. The van der Waals surface area contributed by atoms with Crippen LogP contribution in [0.4, 0.5) is 4.39 Å². The Labute approximate surface area is 117 Å². The van der Waals surface area contributed by atoms with E-state index in [0.29, 0.717) is 16.7 Å². The zero-order chi connectivity index (χ0) is 15.0. The van der Waals surface area contributed by atoms with Gasteiger partial charge in [-0.25, -0.2) is 14.0 Å². The number of hydrogen-bond donors (Lipinski definition) is 1. The molecule has 1 heterocycles. The highest BCUT2D eigenvalue weighted by Crippen LogP contribution is 2.16. The molecule has 0 radical (unpaired) electrons. The van der Waals surface area contributed by atoms with E-state index in [9.17, 15) is 14.0 Å². The lowest BCUT2D eigenvalue weighted by Crippen LogP contribution is -2.15. The molecule has 0 bridgehead atoms. The third-order valence-corrected chi connectivity index (χ3v) is 3.17. The Morgan fingerprint density at radius 1 is 1.19 bits per heavy atom. The Kier molecular flexibility index (Phi) is 3.06. The molecule has 21 heavy (non-hydrogen) atoms. The number of rotatable bonds is 3. The molecule has 0 unspecified atom stereocenters. The van der Waals surface area contributed by atoms with Gasteiger partial charge in [0.1, 0.15) is 5.82 Å². The number of nitrogens with zero attached hydrogens (tertiary/aromatic N) is 1. The Morgan fingerprint density at radius 2 is 1.90 bits per heavy atom. The maximum absolute atomic E-state index is 12.9. The molecule has 1 N–H and O–H groups in total. The van der Waals surface area contributed by atoms with E-state index in [0.717, 1.165) is 0 Å². The molecule has 6 heteroatoms. The first-order valence-corrected chi connectivity index (χ1v) is 6.16. The third kappa shape index (κ3) is 2.43. The van der Waals surface area contributed by atoms with Crippen molar-refractivity contribution in [2.75, 3.05) is 0 Å². The number of carbonyl (C=O) groups is 1. The molecule has 0 saturated heterocycles. The van der Waals surface area contributed by atoms with Gasteiger partial charge >= 0.3 is 11.7 Å². The van der Waals surface area contributed by atoms with Crippen LogP contribution in [-0.2, 0) is 6.54 Å². The molecule has 3 aromatic rings. The van der Waals surface area contributed by atoms with Crippen LogP contribution in [0.5, 0.6) is 0 Å². The van der Waals surface area contributed by atoms with E-state index in [2.05, 4.69) is 0 Å². The zero-order valence-corrected chi connectivity index (χ0v) is 10.7. The lowest BCUT2D eigenvalue weighted by atomic mass is 10.2. The summed E-state index contributed by atoms with van der Waals surface area (Å²) in [6.45, 7) is 0.176. The van der Waals surface area contributed by atoms with Crippen molar-refractivity contribution in [2.45, 2.75) is 6.54 Å².